The number of ether oxygens (including phenoxy) is 1. The minimum atomic E-state index is -0.196. The van der Waals surface area contributed by atoms with E-state index in [0.717, 1.165) is 18.8 Å². The molecule has 3 rings (SSSR count). The maximum Gasteiger partial charge on any atom is 0.258 e. The summed E-state index contributed by atoms with van der Waals surface area (Å²) in [5.74, 6) is 1.18. The molecule has 0 radical (unpaired) electrons. The first-order valence-electron chi connectivity index (χ1n) is 8.43. The number of furan rings is 1. The zero-order chi connectivity index (χ0) is 17.5. The third kappa shape index (κ3) is 4.61. The van der Waals surface area contributed by atoms with Gasteiger partial charge in [0.05, 0.1) is 23.9 Å². The number of nitrogens with zero attached hydrogens (tertiary/aromatic N) is 2. The van der Waals surface area contributed by atoms with Gasteiger partial charge in [0, 0.05) is 6.54 Å². The van der Waals surface area contributed by atoms with Gasteiger partial charge in [0.15, 0.2) is 6.61 Å². The fourth-order valence-corrected chi connectivity index (χ4v) is 3.01. The van der Waals surface area contributed by atoms with Crippen LogP contribution in [0.4, 0.5) is 0 Å². The van der Waals surface area contributed by atoms with E-state index >= 15 is 0 Å². The summed E-state index contributed by atoms with van der Waals surface area (Å²) in [4.78, 5) is 14.4. The SMILES string of the molecule is N#Cc1cccc(OCC(=O)NC[C@H](c2ccco2)N2CCCC2)c1. The van der Waals surface area contributed by atoms with Crippen LogP contribution in [-0.2, 0) is 4.79 Å². The van der Waals surface area contributed by atoms with Gasteiger partial charge in [-0.2, -0.15) is 5.26 Å². The minimum absolute atomic E-state index is 0.0448. The molecule has 0 saturated carbocycles. The van der Waals surface area contributed by atoms with Crippen LogP contribution >= 0.6 is 0 Å². The van der Waals surface area contributed by atoms with Crippen molar-refractivity contribution in [3.05, 3.63) is 54.0 Å². The van der Waals surface area contributed by atoms with Gasteiger partial charge in [0.2, 0.25) is 0 Å². The van der Waals surface area contributed by atoms with E-state index in [2.05, 4.69) is 10.2 Å². The topological polar surface area (TPSA) is 78.5 Å². The predicted octanol–water partition coefficient (Wildman–Crippen LogP) is 2.48. The second kappa shape index (κ2) is 8.36. The molecule has 6 heteroatoms. The predicted molar refractivity (Wildman–Crippen MR) is 91.9 cm³/mol. The largest absolute Gasteiger partial charge is 0.484 e. The summed E-state index contributed by atoms with van der Waals surface area (Å²) in [7, 11) is 0. The molecule has 130 valence electrons. The van der Waals surface area contributed by atoms with Crippen molar-refractivity contribution in [2.24, 2.45) is 0 Å². The van der Waals surface area contributed by atoms with E-state index in [1.54, 1.807) is 30.5 Å². The first kappa shape index (κ1) is 17.1. The molecule has 2 aromatic rings. The molecule has 1 aromatic heterocycles. The molecule has 0 unspecified atom stereocenters. The number of hydrogen-bond acceptors (Lipinski definition) is 5. The van der Waals surface area contributed by atoms with Crippen LogP contribution in [0.5, 0.6) is 5.75 Å². The monoisotopic (exact) mass is 339 g/mol. The van der Waals surface area contributed by atoms with Crippen LogP contribution in [0.2, 0.25) is 0 Å². The number of benzene rings is 1. The Morgan fingerprint density at radius 1 is 1.32 bits per heavy atom. The van der Waals surface area contributed by atoms with E-state index in [0.29, 0.717) is 17.9 Å². The van der Waals surface area contributed by atoms with Gasteiger partial charge in [0.25, 0.3) is 5.91 Å². The highest BCUT2D eigenvalue weighted by Gasteiger charge is 2.25. The van der Waals surface area contributed by atoms with Gasteiger partial charge in [-0.1, -0.05) is 6.07 Å². The van der Waals surface area contributed by atoms with Gasteiger partial charge >= 0.3 is 0 Å². The lowest BCUT2D eigenvalue weighted by Crippen LogP contribution is -2.38. The van der Waals surface area contributed by atoms with Gasteiger partial charge < -0.3 is 14.5 Å². The Morgan fingerprint density at radius 3 is 2.88 bits per heavy atom. The number of carbonyl (C=O) groups excluding carboxylic acids is 1. The standard InChI is InChI=1S/C19H21N3O3/c20-12-15-5-3-6-16(11-15)25-14-19(23)21-13-17(18-7-4-10-24-18)22-8-1-2-9-22/h3-7,10-11,17H,1-2,8-9,13-14H2,(H,21,23)/t17-/m1/s1. The summed E-state index contributed by atoms with van der Waals surface area (Å²) in [6, 6.07) is 12.7. The summed E-state index contributed by atoms with van der Waals surface area (Å²) in [5, 5.41) is 11.8. The Kier molecular flexibility index (Phi) is 5.70. The van der Waals surface area contributed by atoms with E-state index in [4.69, 9.17) is 14.4 Å². The Labute approximate surface area is 147 Å². The lowest BCUT2D eigenvalue weighted by Gasteiger charge is -2.26. The zero-order valence-corrected chi connectivity index (χ0v) is 14.0. The van der Waals surface area contributed by atoms with E-state index in [9.17, 15) is 4.79 Å². The van der Waals surface area contributed by atoms with Gasteiger partial charge in [-0.05, 0) is 56.3 Å². The average molecular weight is 339 g/mol. The van der Waals surface area contributed by atoms with Crippen molar-refractivity contribution in [3.8, 4) is 11.8 Å². The van der Waals surface area contributed by atoms with Crippen molar-refractivity contribution >= 4 is 5.91 Å². The van der Waals surface area contributed by atoms with Crippen LogP contribution in [0.25, 0.3) is 0 Å². The molecule has 25 heavy (non-hydrogen) atoms. The molecule has 1 amide bonds. The van der Waals surface area contributed by atoms with Gasteiger partial charge in [-0.25, -0.2) is 0 Å². The van der Waals surface area contributed by atoms with Crippen LogP contribution in [-0.4, -0.2) is 37.0 Å². The summed E-state index contributed by atoms with van der Waals surface area (Å²) in [5.41, 5.74) is 0.504. The number of carbonyl (C=O) groups is 1. The van der Waals surface area contributed by atoms with Gasteiger partial charge in [-0.15, -0.1) is 0 Å². The maximum absolute atomic E-state index is 12.1. The van der Waals surface area contributed by atoms with E-state index < -0.39 is 0 Å². The molecule has 1 aromatic carbocycles. The normalized spacial score (nSPS) is 15.5. The molecular formula is C19H21N3O3. The fourth-order valence-electron chi connectivity index (χ4n) is 3.01. The summed E-state index contributed by atoms with van der Waals surface area (Å²) in [6.07, 6.45) is 4.00. The minimum Gasteiger partial charge on any atom is -0.484 e. The molecule has 1 N–H and O–H groups in total. The highest BCUT2D eigenvalue weighted by molar-refractivity contribution is 5.77. The number of rotatable bonds is 7. The third-order valence-electron chi connectivity index (χ3n) is 4.28. The number of nitriles is 1. The van der Waals surface area contributed by atoms with Crippen molar-refractivity contribution in [1.82, 2.24) is 10.2 Å². The first-order chi connectivity index (χ1) is 12.3. The van der Waals surface area contributed by atoms with Crippen LogP contribution < -0.4 is 10.1 Å². The van der Waals surface area contributed by atoms with Gasteiger partial charge in [-0.3, -0.25) is 9.69 Å². The maximum atomic E-state index is 12.1. The Hall–Kier alpha value is -2.78. The quantitative estimate of drug-likeness (QED) is 0.838. The molecule has 0 aliphatic carbocycles. The van der Waals surface area contributed by atoms with Crippen LogP contribution in [0.3, 0.4) is 0 Å². The van der Waals surface area contributed by atoms with E-state index in [1.165, 1.54) is 12.8 Å². The highest BCUT2D eigenvalue weighted by atomic mass is 16.5. The molecule has 1 fully saturated rings. The Balaban J connectivity index is 1.52. The number of hydrogen-bond donors (Lipinski definition) is 1. The Bertz CT molecular complexity index is 731. The second-order valence-corrected chi connectivity index (χ2v) is 6.01. The molecule has 1 atom stereocenters. The highest BCUT2D eigenvalue weighted by Crippen LogP contribution is 2.24. The van der Waals surface area contributed by atoms with E-state index in [1.807, 2.05) is 18.2 Å². The lowest BCUT2D eigenvalue weighted by molar-refractivity contribution is -0.123. The molecule has 1 aliphatic rings. The number of nitrogens with one attached hydrogen (secondary N) is 1. The van der Waals surface area contributed by atoms with Crippen molar-refractivity contribution in [2.75, 3.05) is 26.2 Å². The van der Waals surface area contributed by atoms with Crippen molar-refractivity contribution in [2.45, 2.75) is 18.9 Å². The lowest BCUT2D eigenvalue weighted by atomic mass is 10.2. The molecule has 1 aliphatic heterocycles. The molecular weight excluding hydrogens is 318 g/mol. The molecule has 1 saturated heterocycles. The van der Waals surface area contributed by atoms with Crippen molar-refractivity contribution < 1.29 is 13.9 Å². The number of likely N-dealkylation sites (tertiary alicyclic amines) is 1. The zero-order valence-electron chi connectivity index (χ0n) is 14.0. The van der Waals surface area contributed by atoms with Crippen molar-refractivity contribution in [1.29, 1.82) is 5.26 Å². The van der Waals surface area contributed by atoms with Crippen LogP contribution in [0.15, 0.2) is 47.1 Å². The number of amides is 1. The van der Waals surface area contributed by atoms with Crippen molar-refractivity contribution in [3.63, 3.8) is 0 Å². The van der Waals surface area contributed by atoms with Gasteiger partial charge in [0.1, 0.15) is 11.5 Å². The third-order valence-corrected chi connectivity index (χ3v) is 4.28. The Morgan fingerprint density at radius 2 is 2.16 bits per heavy atom. The summed E-state index contributed by atoms with van der Waals surface area (Å²) in [6.45, 7) is 2.42. The molecule has 0 spiro atoms. The summed E-state index contributed by atoms with van der Waals surface area (Å²) >= 11 is 0. The molecule has 6 nitrogen and oxygen atoms in total. The van der Waals surface area contributed by atoms with Crippen LogP contribution in [0.1, 0.15) is 30.2 Å². The molecule has 2 heterocycles. The average Bonchev–Trinajstić information content (AvgIpc) is 3.35. The molecule has 0 bridgehead atoms. The smallest absolute Gasteiger partial charge is 0.258 e. The summed E-state index contributed by atoms with van der Waals surface area (Å²) < 4.78 is 11.0. The van der Waals surface area contributed by atoms with E-state index in [-0.39, 0.29) is 18.6 Å². The van der Waals surface area contributed by atoms with Crippen LogP contribution in [0, 0.1) is 11.3 Å². The second-order valence-electron chi connectivity index (χ2n) is 6.01. The first-order valence-corrected chi connectivity index (χ1v) is 8.43. The fraction of sp³-hybridized carbons (Fsp3) is 0.368.